The zero-order valence-corrected chi connectivity index (χ0v) is 12.3. The minimum atomic E-state index is -0.388. The van der Waals surface area contributed by atoms with Crippen LogP contribution in [0.1, 0.15) is 40.0 Å². The van der Waals surface area contributed by atoms with E-state index in [-0.39, 0.29) is 17.3 Å². The first-order chi connectivity index (χ1) is 8.95. The van der Waals surface area contributed by atoms with Gasteiger partial charge in [-0.2, -0.15) is 0 Å². The highest BCUT2D eigenvalue weighted by molar-refractivity contribution is 5.13. The Labute approximate surface area is 115 Å². The van der Waals surface area contributed by atoms with Gasteiger partial charge in [0.25, 0.3) is 0 Å². The minimum Gasteiger partial charge on any atom is -0.393 e. The quantitative estimate of drug-likeness (QED) is 0.732. The molecule has 0 radical (unpaired) electrons. The molecule has 6 atom stereocenters. The SMILES string of the molecule is C[C@@H]1[C@H]2CC[C@@H]3[C@H]2[C@@H](C[C@@H]3O)C12OCC(C)(C)CO2. The molecule has 0 aromatic heterocycles. The fourth-order valence-electron chi connectivity index (χ4n) is 5.55. The van der Waals surface area contributed by atoms with Gasteiger partial charge in [-0.1, -0.05) is 20.8 Å². The van der Waals surface area contributed by atoms with Gasteiger partial charge < -0.3 is 14.6 Å². The van der Waals surface area contributed by atoms with Crippen molar-refractivity contribution in [1.29, 1.82) is 0 Å². The molecule has 0 aromatic rings. The molecule has 3 heteroatoms. The third-order valence-electron chi connectivity index (χ3n) is 6.45. The molecular formula is C16H26O3. The molecule has 1 spiro atoms. The molecule has 1 aliphatic heterocycles. The van der Waals surface area contributed by atoms with Gasteiger partial charge in [-0.25, -0.2) is 0 Å². The molecule has 0 aromatic carbocycles. The smallest absolute Gasteiger partial charge is 0.174 e. The summed E-state index contributed by atoms with van der Waals surface area (Å²) in [4.78, 5) is 0. The van der Waals surface area contributed by atoms with Gasteiger partial charge in [0.15, 0.2) is 5.79 Å². The van der Waals surface area contributed by atoms with Crippen molar-refractivity contribution in [2.45, 2.75) is 51.9 Å². The Hall–Kier alpha value is -0.120. The second-order valence-corrected chi connectivity index (χ2v) is 8.14. The fraction of sp³-hybridized carbons (Fsp3) is 1.00. The maximum atomic E-state index is 10.3. The number of ether oxygens (including phenoxy) is 2. The Balaban J connectivity index is 1.67. The summed E-state index contributed by atoms with van der Waals surface area (Å²) < 4.78 is 12.7. The number of rotatable bonds is 0. The Kier molecular flexibility index (Phi) is 2.49. The molecule has 0 unspecified atom stereocenters. The molecule has 1 saturated heterocycles. The highest BCUT2D eigenvalue weighted by Gasteiger charge is 2.69. The number of aliphatic hydroxyl groups is 1. The highest BCUT2D eigenvalue weighted by atomic mass is 16.7. The second kappa shape index (κ2) is 3.75. The van der Waals surface area contributed by atoms with Crippen molar-refractivity contribution < 1.29 is 14.6 Å². The Morgan fingerprint density at radius 1 is 1.05 bits per heavy atom. The molecule has 4 aliphatic rings. The molecule has 3 aliphatic carbocycles. The summed E-state index contributed by atoms with van der Waals surface area (Å²) in [5.74, 6) is 2.38. The van der Waals surface area contributed by atoms with Gasteiger partial charge >= 0.3 is 0 Å². The van der Waals surface area contributed by atoms with Crippen LogP contribution in [-0.4, -0.2) is 30.2 Å². The number of hydrogen-bond acceptors (Lipinski definition) is 3. The molecule has 19 heavy (non-hydrogen) atoms. The van der Waals surface area contributed by atoms with Crippen LogP contribution in [0.15, 0.2) is 0 Å². The van der Waals surface area contributed by atoms with Crippen LogP contribution < -0.4 is 0 Å². The Morgan fingerprint density at radius 3 is 2.37 bits per heavy atom. The average Bonchev–Trinajstić information content (AvgIpc) is 2.96. The summed E-state index contributed by atoms with van der Waals surface area (Å²) in [5, 5.41) is 10.3. The fourth-order valence-corrected chi connectivity index (χ4v) is 5.55. The average molecular weight is 266 g/mol. The first kappa shape index (κ1) is 12.6. The lowest BCUT2D eigenvalue weighted by molar-refractivity contribution is -0.333. The van der Waals surface area contributed by atoms with E-state index in [1.807, 2.05) is 0 Å². The second-order valence-electron chi connectivity index (χ2n) is 8.14. The van der Waals surface area contributed by atoms with Gasteiger partial charge in [-0.15, -0.1) is 0 Å². The van der Waals surface area contributed by atoms with E-state index >= 15 is 0 Å². The van der Waals surface area contributed by atoms with Crippen molar-refractivity contribution in [3.8, 4) is 0 Å². The van der Waals surface area contributed by atoms with Gasteiger partial charge in [0.1, 0.15) is 0 Å². The number of fused-ring (bicyclic) bond motifs is 1. The van der Waals surface area contributed by atoms with E-state index in [1.165, 1.54) is 12.8 Å². The molecule has 108 valence electrons. The normalized spacial score (nSPS) is 53.7. The topological polar surface area (TPSA) is 38.7 Å². The van der Waals surface area contributed by atoms with Crippen LogP contribution >= 0.6 is 0 Å². The zero-order chi connectivity index (χ0) is 13.4. The third kappa shape index (κ3) is 1.50. The highest BCUT2D eigenvalue weighted by Crippen LogP contribution is 2.66. The molecule has 0 amide bonds. The van der Waals surface area contributed by atoms with Gasteiger partial charge in [0.05, 0.1) is 19.3 Å². The predicted molar refractivity (Wildman–Crippen MR) is 71.4 cm³/mol. The summed E-state index contributed by atoms with van der Waals surface area (Å²) in [6, 6.07) is 0. The van der Waals surface area contributed by atoms with Crippen LogP contribution in [0.25, 0.3) is 0 Å². The maximum Gasteiger partial charge on any atom is 0.174 e. The van der Waals surface area contributed by atoms with E-state index in [0.717, 1.165) is 19.6 Å². The lowest BCUT2D eigenvalue weighted by Crippen LogP contribution is -2.53. The monoisotopic (exact) mass is 266 g/mol. The minimum absolute atomic E-state index is 0.119. The van der Waals surface area contributed by atoms with Gasteiger partial charge in [-0.3, -0.25) is 0 Å². The van der Waals surface area contributed by atoms with Crippen molar-refractivity contribution >= 4 is 0 Å². The van der Waals surface area contributed by atoms with Crippen LogP contribution in [0.4, 0.5) is 0 Å². The summed E-state index contributed by atoms with van der Waals surface area (Å²) in [5.41, 5.74) is 0.124. The van der Waals surface area contributed by atoms with Gasteiger partial charge in [0, 0.05) is 17.3 Å². The van der Waals surface area contributed by atoms with E-state index in [4.69, 9.17) is 9.47 Å². The van der Waals surface area contributed by atoms with Crippen LogP contribution in [0.5, 0.6) is 0 Å². The van der Waals surface area contributed by atoms with Crippen molar-refractivity contribution in [1.82, 2.24) is 0 Å². The largest absolute Gasteiger partial charge is 0.393 e. The summed E-state index contributed by atoms with van der Waals surface area (Å²) in [6.45, 7) is 8.29. The summed E-state index contributed by atoms with van der Waals surface area (Å²) in [6.07, 6.45) is 3.23. The first-order valence-corrected chi connectivity index (χ1v) is 7.91. The molecule has 1 N–H and O–H groups in total. The number of aliphatic hydroxyl groups excluding tert-OH is 1. The van der Waals surface area contributed by atoms with Crippen LogP contribution in [-0.2, 0) is 9.47 Å². The summed E-state index contributed by atoms with van der Waals surface area (Å²) >= 11 is 0. The molecule has 0 bridgehead atoms. The predicted octanol–water partition coefficient (Wildman–Crippen LogP) is 2.43. The van der Waals surface area contributed by atoms with Crippen molar-refractivity contribution in [3.05, 3.63) is 0 Å². The van der Waals surface area contributed by atoms with Gasteiger partial charge in [-0.05, 0) is 37.0 Å². The van der Waals surface area contributed by atoms with E-state index in [0.29, 0.717) is 29.6 Å². The lowest BCUT2D eigenvalue weighted by atomic mass is 9.88. The Morgan fingerprint density at radius 2 is 1.68 bits per heavy atom. The molecule has 4 fully saturated rings. The number of hydrogen-bond donors (Lipinski definition) is 1. The summed E-state index contributed by atoms with van der Waals surface area (Å²) in [7, 11) is 0. The van der Waals surface area contributed by atoms with Crippen molar-refractivity contribution in [2.24, 2.45) is 35.0 Å². The molecule has 4 rings (SSSR count). The van der Waals surface area contributed by atoms with Gasteiger partial charge in [0.2, 0.25) is 0 Å². The van der Waals surface area contributed by atoms with E-state index in [1.54, 1.807) is 0 Å². The van der Waals surface area contributed by atoms with Crippen molar-refractivity contribution in [3.63, 3.8) is 0 Å². The maximum absolute atomic E-state index is 10.3. The van der Waals surface area contributed by atoms with E-state index < -0.39 is 0 Å². The van der Waals surface area contributed by atoms with Crippen LogP contribution in [0, 0.1) is 35.0 Å². The Bertz CT molecular complexity index is 381. The van der Waals surface area contributed by atoms with E-state index in [2.05, 4.69) is 20.8 Å². The van der Waals surface area contributed by atoms with E-state index in [9.17, 15) is 5.11 Å². The molecule has 3 nitrogen and oxygen atoms in total. The zero-order valence-electron chi connectivity index (χ0n) is 12.3. The van der Waals surface area contributed by atoms with Crippen LogP contribution in [0.3, 0.4) is 0 Å². The standard InChI is InChI=1S/C16H26O3/c1-9-10-4-5-11-13(17)6-12(14(10)11)16(9)18-7-15(2,3)8-19-16/h9-14,17H,4-8H2,1-3H3/t9-,10-,11+,12-,13+,14+/m1/s1. The lowest BCUT2D eigenvalue weighted by Gasteiger charge is -2.47. The van der Waals surface area contributed by atoms with Crippen molar-refractivity contribution in [2.75, 3.05) is 13.2 Å². The first-order valence-electron chi connectivity index (χ1n) is 7.91. The molecule has 3 saturated carbocycles. The molecular weight excluding hydrogens is 240 g/mol. The molecule has 1 heterocycles. The third-order valence-corrected chi connectivity index (χ3v) is 6.45. The van der Waals surface area contributed by atoms with Crippen LogP contribution in [0.2, 0.25) is 0 Å².